The van der Waals surface area contributed by atoms with Crippen LogP contribution in [0.1, 0.15) is 13.3 Å². The Morgan fingerprint density at radius 2 is 2.17 bits per heavy atom. The van der Waals surface area contributed by atoms with E-state index in [0.29, 0.717) is 13.0 Å². The zero-order valence-corrected chi connectivity index (χ0v) is 6.99. The minimum absolute atomic E-state index is 0.412. The van der Waals surface area contributed by atoms with Gasteiger partial charge in [-0.2, -0.15) is 13.2 Å². The number of hydrogen-bond donors (Lipinski definition) is 1. The number of halogens is 3. The highest BCUT2D eigenvalue weighted by molar-refractivity contribution is 4.80. The lowest BCUT2D eigenvalue weighted by Gasteiger charge is -2.16. The van der Waals surface area contributed by atoms with Gasteiger partial charge in [0.1, 0.15) is 0 Å². The molecule has 1 aliphatic heterocycles. The Kier molecular flexibility index (Phi) is 2.95. The maximum Gasteiger partial charge on any atom is 0.457 e. The van der Waals surface area contributed by atoms with Gasteiger partial charge in [-0.3, -0.25) is 0 Å². The first-order valence-electron chi connectivity index (χ1n) is 4.08. The summed E-state index contributed by atoms with van der Waals surface area (Å²) >= 11 is 0. The molecule has 5 heteroatoms. The molecule has 1 saturated heterocycles. The average molecular weight is 182 g/mol. The van der Waals surface area contributed by atoms with Crippen molar-refractivity contribution in [2.24, 2.45) is 0 Å². The summed E-state index contributed by atoms with van der Waals surface area (Å²) in [6.45, 7) is 4.06. The fourth-order valence-corrected chi connectivity index (χ4v) is 1.47. The summed E-state index contributed by atoms with van der Waals surface area (Å²) in [4.78, 5) is 2.00. The van der Waals surface area contributed by atoms with Crippen molar-refractivity contribution in [1.29, 1.82) is 0 Å². The molecule has 1 atom stereocenters. The molecule has 12 heavy (non-hydrogen) atoms. The number of likely N-dealkylation sites (N-methyl/N-ethyl adjacent to an activating group) is 1. The van der Waals surface area contributed by atoms with Crippen LogP contribution >= 0.6 is 0 Å². The minimum Gasteiger partial charge on any atom is -0.302 e. The molecule has 0 saturated carbocycles. The molecular formula is C7H13F3N2. The molecule has 0 bridgehead atoms. The van der Waals surface area contributed by atoms with E-state index in [2.05, 4.69) is 0 Å². The molecule has 0 spiro atoms. The first-order valence-corrected chi connectivity index (χ1v) is 4.08. The van der Waals surface area contributed by atoms with Crippen LogP contribution in [0.4, 0.5) is 13.2 Å². The van der Waals surface area contributed by atoms with Crippen LogP contribution in [0.15, 0.2) is 0 Å². The smallest absolute Gasteiger partial charge is 0.302 e. The van der Waals surface area contributed by atoms with E-state index in [9.17, 15) is 13.2 Å². The van der Waals surface area contributed by atoms with Gasteiger partial charge in [0.2, 0.25) is 0 Å². The second kappa shape index (κ2) is 3.62. The third-order valence-corrected chi connectivity index (χ3v) is 2.09. The maximum absolute atomic E-state index is 11.8. The molecule has 1 heterocycles. The van der Waals surface area contributed by atoms with Gasteiger partial charge in [-0.05, 0) is 19.5 Å². The van der Waals surface area contributed by atoms with Crippen LogP contribution in [0.3, 0.4) is 0 Å². The van der Waals surface area contributed by atoms with Gasteiger partial charge < -0.3 is 4.90 Å². The third kappa shape index (κ3) is 2.98. The Bertz CT molecular complexity index is 146. The largest absolute Gasteiger partial charge is 0.457 e. The number of nitrogens with one attached hydrogen (secondary N) is 1. The number of rotatable bonds is 2. The Morgan fingerprint density at radius 3 is 2.58 bits per heavy atom. The van der Waals surface area contributed by atoms with Crippen LogP contribution < -0.4 is 5.32 Å². The highest BCUT2D eigenvalue weighted by Gasteiger charge is 2.33. The Labute approximate surface area is 69.7 Å². The predicted molar refractivity (Wildman–Crippen MR) is 39.7 cm³/mol. The van der Waals surface area contributed by atoms with Crippen LogP contribution in [0.2, 0.25) is 0 Å². The second-order valence-electron chi connectivity index (χ2n) is 3.02. The third-order valence-electron chi connectivity index (χ3n) is 2.09. The van der Waals surface area contributed by atoms with E-state index in [1.165, 1.54) is 0 Å². The molecule has 1 aliphatic rings. The highest BCUT2D eigenvalue weighted by atomic mass is 19.4. The summed E-state index contributed by atoms with van der Waals surface area (Å²) in [7, 11) is 0. The standard InChI is InChI=1S/C7H13F3N2/c1-2-12-4-3-6(5-12)11-7(8,9)10/h6,11H,2-5H2,1H3/t6-/m0/s1. The van der Waals surface area contributed by atoms with Gasteiger partial charge in [0.15, 0.2) is 0 Å². The van der Waals surface area contributed by atoms with Crippen LogP contribution in [0.5, 0.6) is 0 Å². The van der Waals surface area contributed by atoms with Gasteiger partial charge in [-0.15, -0.1) is 0 Å². The average Bonchev–Trinajstić information content (AvgIpc) is 2.32. The van der Waals surface area contributed by atoms with Crippen molar-refractivity contribution in [2.45, 2.75) is 25.7 Å². The van der Waals surface area contributed by atoms with Crippen molar-refractivity contribution >= 4 is 0 Å². The van der Waals surface area contributed by atoms with E-state index in [-0.39, 0.29) is 0 Å². The van der Waals surface area contributed by atoms with E-state index in [0.717, 1.165) is 13.1 Å². The van der Waals surface area contributed by atoms with Crippen molar-refractivity contribution in [2.75, 3.05) is 19.6 Å². The molecule has 1 N–H and O–H groups in total. The van der Waals surface area contributed by atoms with Crippen molar-refractivity contribution in [3.05, 3.63) is 0 Å². The molecular weight excluding hydrogens is 169 g/mol. The molecule has 1 rings (SSSR count). The summed E-state index contributed by atoms with van der Waals surface area (Å²) in [6.07, 6.45) is -3.64. The lowest BCUT2D eigenvalue weighted by Crippen LogP contribution is -2.42. The zero-order chi connectivity index (χ0) is 9.19. The molecule has 0 aromatic carbocycles. The molecule has 1 fully saturated rings. The molecule has 0 radical (unpaired) electrons. The summed E-state index contributed by atoms with van der Waals surface area (Å²) in [5.74, 6) is 0. The topological polar surface area (TPSA) is 15.3 Å². The van der Waals surface area contributed by atoms with Gasteiger partial charge in [-0.25, -0.2) is 5.32 Å². The number of likely N-dealkylation sites (tertiary alicyclic amines) is 1. The molecule has 2 nitrogen and oxygen atoms in total. The molecule has 0 unspecified atom stereocenters. The summed E-state index contributed by atoms with van der Waals surface area (Å²) in [5.41, 5.74) is 0. The zero-order valence-electron chi connectivity index (χ0n) is 6.99. The van der Waals surface area contributed by atoms with Gasteiger partial charge in [0.25, 0.3) is 0 Å². The number of alkyl halides is 3. The SMILES string of the molecule is CCN1CC[C@H](NC(F)(F)F)C1. The lowest BCUT2D eigenvalue weighted by atomic mass is 10.3. The van der Waals surface area contributed by atoms with Gasteiger partial charge in [0.05, 0.1) is 0 Å². The summed E-state index contributed by atoms with van der Waals surface area (Å²) in [6, 6.07) is -0.412. The van der Waals surface area contributed by atoms with Gasteiger partial charge in [-0.1, -0.05) is 6.92 Å². The minimum atomic E-state index is -4.23. The van der Waals surface area contributed by atoms with E-state index < -0.39 is 12.3 Å². The first kappa shape index (κ1) is 9.80. The van der Waals surface area contributed by atoms with Crippen molar-refractivity contribution < 1.29 is 13.2 Å². The fourth-order valence-electron chi connectivity index (χ4n) is 1.47. The van der Waals surface area contributed by atoms with Crippen LogP contribution in [0, 0.1) is 0 Å². The predicted octanol–water partition coefficient (Wildman–Crippen LogP) is 1.19. The normalized spacial score (nSPS) is 26.5. The van der Waals surface area contributed by atoms with Crippen LogP contribution in [-0.2, 0) is 0 Å². The summed E-state index contributed by atoms with van der Waals surface area (Å²) < 4.78 is 35.4. The fraction of sp³-hybridized carbons (Fsp3) is 1.00. The first-order chi connectivity index (χ1) is 5.51. The van der Waals surface area contributed by atoms with Gasteiger partial charge in [0, 0.05) is 12.6 Å². The van der Waals surface area contributed by atoms with E-state index in [1.807, 2.05) is 11.8 Å². The molecule has 72 valence electrons. The van der Waals surface area contributed by atoms with Crippen molar-refractivity contribution in [1.82, 2.24) is 10.2 Å². The molecule has 0 amide bonds. The van der Waals surface area contributed by atoms with E-state index in [1.54, 1.807) is 5.32 Å². The Hall–Kier alpha value is -0.290. The quantitative estimate of drug-likeness (QED) is 0.645. The van der Waals surface area contributed by atoms with Crippen LogP contribution in [0.25, 0.3) is 0 Å². The van der Waals surface area contributed by atoms with Crippen molar-refractivity contribution in [3.8, 4) is 0 Å². The molecule has 0 aromatic rings. The Balaban J connectivity index is 2.28. The van der Waals surface area contributed by atoms with Crippen molar-refractivity contribution in [3.63, 3.8) is 0 Å². The highest BCUT2D eigenvalue weighted by Crippen LogP contribution is 2.16. The Morgan fingerprint density at radius 1 is 1.50 bits per heavy atom. The monoisotopic (exact) mass is 182 g/mol. The molecule has 0 aliphatic carbocycles. The number of hydrogen-bond acceptors (Lipinski definition) is 2. The van der Waals surface area contributed by atoms with E-state index >= 15 is 0 Å². The maximum atomic E-state index is 11.8. The molecule has 0 aromatic heterocycles. The summed E-state index contributed by atoms with van der Waals surface area (Å²) in [5, 5.41) is 1.64. The van der Waals surface area contributed by atoms with E-state index in [4.69, 9.17) is 0 Å². The van der Waals surface area contributed by atoms with Gasteiger partial charge >= 0.3 is 6.30 Å². The van der Waals surface area contributed by atoms with Crippen LogP contribution in [-0.4, -0.2) is 36.9 Å². The second-order valence-corrected chi connectivity index (χ2v) is 3.02. The number of nitrogens with zero attached hydrogens (tertiary/aromatic N) is 1. The lowest BCUT2D eigenvalue weighted by molar-refractivity contribution is -0.163.